The number of carbonyl (C=O) groups is 1. The number of piperazine rings is 1. The number of aliphatic hydroxyl groups excluding tert-OH is 1. The van der Waals surface area contributed by atoms with E-state index >= 15 is 0 Å². The number of hydrogen-bond donors (Lipinski definition) is 1. The van der Waals surface area contributed by atoms with E-state index in [2.05, 4.69) is 15.9 Å². The number of carbonyl (C=O) groups excluding carboxylic acids is 1. The summed E-state index contributed by atoms with van der Waals surface area (Å²) in [5.74, 6) is 1.59. The predicted octanol–water partition coefficient (Wildman–Crippen LogP) is 3.63. The van der Waals surface area contributed by atoms with E-state index in [1.165, 1.54) is 6.92 Å². The second-order valence-corrected chi connectivity index (χ2v) is 7.77. The van der Waals surface area contributed by atoms with Gasteiger partial charge in [0.1, 0.15) is 18.5 Å². The molecule has 4 rings (SSSR count). The second kappa shape index (κ2) is 10.7. The van der Waals surface area contributed by atoms with Gasteiger partial charge in [-0.2, -0.15) is 0 Å². The average molecular weight is 461 g/mol. The number of benzene rings is 2. The van der Waals surface area contributed by atoms with E-state index < -0.39 is 6.10 Å². The van der Waals surface area contributed by atoms with E-state index in [9.17, 15) is 9.90 Å². The number of methoxy groups -OCH3 is 1. The van der Waals surface area contributed by atoms with Gasteiger partial charge in [0, 0.05) is 45.0 Å². The van der Waals surface area contributed by atoms with Crippen LogP contribution >= 0.6 is 12.4 Å². The molecule has 0 spiro atoms. The van der Waals surface area contributed by atoms with Crippen LogP contribution in [0.5, 0.6) is 11.5 Å². The molecule has 0 amide bonds. The van der Waals surface area contributed by atoms with Crippen LogP contribution in [0.1, 0.15) is 17.5 Å². The predicted molar refractivity (Wildman–Crippen MR) is 127 cm³/mol. The fourth-order valence-electron chi connectivity index (χ4n) is 3.92. The Labute approximate surface area is 193 Å². The van der Waals surface area contributed by atoms with E-state index in [0.717, 1.165) is 43.0 Å². The van der Waals surface area contributed by atoms with Crippen molar-refractivity contribution in [1.29, 1.82) is 0 Å². The standard InChI is InChI=1S/C24H28N2O5.ClH/c1-17(27)23-14-18-6-5-9-22(24(18)31-23)30-16-19(28)15-25-10-12-26(13-11-25)20-7-3-4-8-21(20)29-2;/h3-9,14,19,28H,10-13,15-16H2,1-2H3;1H. The molecular formula is C24H29ClN2O5. The number of fused-ring (bicyclic) bond motifs is 1. The summed E-state index contributed by atoms with van der Waals surface area (Å²) in [4.78, 5) is 16.1. The molecule has 1 aliphatic heterocycles. The highest BCUT2D eigenvalue weighted by atomic mass is 35.5. The molecule has 1 fully saturated rings. The first-order valence-corrected chi connectivity index (χ1v) is 10.5. The molecule has 172 valence electrons. The Morgan fingerprint density at radius 1 is 1.09 bits per heavy atom. The van der Waals surface area contributed by atoms with E-state index in [0.29, 0.717) is 23.6 Å². The number of nitrogens with zero attached hydrogens (tertiary/aromatic N) is 2. The third-order valence-corrected chi connectivity index (χ3v) is 5.55. The zero-order chi connectivity index (χ0) is 21.8. The molecule has 0 aliphatic carbocycles. The normalized spacial score (nSPS) is 15.3. The molecule has 2 heterocycles. The Morgan fingerprint density at radius 3 is 2.53 bits per heavy atom. The molecule has 7 nitrogen and oxygen atoms in total. The lowest BCUT2D eigenvalue weighted by molar-refractivity contribution is 0.0664. The Balaban J connectivity index is 0.00000289. The molecule has 1 saturated heterocycles. The van der Waals surface area contributed by atoms with Crippen LogP contribution in [0.4, 0.5) is 5.69 Å². The van der Waals surface area contributed by atoms with Crippen molar-refractivity contribution in [1.82, 2.24) is 4.90 Å². The van der Waals surface area contributed by atoms with Crippen LogP contribution in [0.2, 0.25) is 0 Å². The van der Waals surface area contributed by atoms with Crippen molar-refractivity contribution in [2.45, 2.75) is 13.0 Å². The highest BCUT2D eigenvalue weighted by Crippen LogP contribution is 2.30. The van der Waals surface area contributed by atoms with Crippen molar-refractivity contribution in [2.75, 3.05) is 51.3 Å². The van der Waals surface area contributed by atoms with Crippen LogP contribution in [0, 0.1) is 0 Å². The number of ether oxygens (including phenoxy) is 2. The molecule has 32 heavy (non-hydrogen) atoms. The number of halogens is 1. The van der Waals surface area contributed by atoms with Crippen LogP contribution < -0.4 is 14.4 Å². The van der Waals surface area contributed by atoms with Crippen molar-refractivity contribution in [3.8, 4) is 11.5 Å². The molecule has 0 bridgehead atoms. The fourth-order valence-corrected chi connectivity index (χ4v) is 3.92. The molecule has 1 N–H and O–H groups in total. The first-order valence-electron chi connectivity index (χ1n) is 10.5. The Bertz CT molecular complexity index is 1050. The van der Waals surface area contributed by atoms with Gasteiger partial charge < -0.3 is 23.9 Å². The zero-order valence-corrected chi connectivity index (χ0v) is 19.1. The lowest BCUT2D eigenvalue weighted by Crippen LogP contribution is -2.49. The summed E-state index contributed by atoms with van der Waals surface area (Å²) in [5.41, 5.74) is 1.63. The minimum atomic E-state index is -0.629. The molecule has 1 unspecified atom stereocenters. The summed E-state index contributed by atoms with van der Waals surface area (Å²) in [7, 11) is 1.69. The molecule has 3 aromatic rings. The van der Waals surface area contributed by atoms with Crippen LogP contribution in [-0.2, 0) is 0 Å². The molecule has 8 heteroatoms. The first kappa shape index (κ1) is 23.9. The number of aliphatic hydroxyl groups is 1. The maximum Gasteiger partial charge on any atom is 0.194 e. The molecule has 1 atom stereocenters. The van der Waals surface area contributed by atoms with Crippen LogP contribution in [-0.4, -0.2) is 68.3 Å². The topological polar surface area (TPSA) is 75.4 Å². The van der Waals surface area contributed by atoms with E-state index in [-0.39, 0.29) is 24.8 Å². The van der Waals surface area contributed by atoms with E-state index in [4.69, 9.17) is 13.9 Å². The molecule has 1 aliphatic rings. The molecule has 0 saturated carbocycles. The van der Waals surface area contributed by atoms with Gasteiger partial charge in [0.2, 0.25) is 0 Å². The highest BCUT2D eigenvalue weighted by Gasteiger charge is 2.22. The number of para-hydroxylation sites is 3. The summed E-state index contributed by atoms with van der Waals surface area (Å²) in [5, 5.41) is 11.3. The third kappa shape index (κ3) is 5.35. The molecule has 1 aromatic heterocycles. The summed E-state index contributed by atoms with van der Waals surface area (Å²) in [6, 6.07) is 15.3. The summed E-state index contributed by atoms with van der Waals surface area (Å²) >= 11 is 0. The van der Waals surface area contributed by atoms with Crippen LogP contribution in [0.25, 0.3) is 11.0 Å². The fraction of sp³-hybridized carbons (Fsp3) is 0.375. The largest absolute Gasteiger partial charge is 0.495 e. The second-order valence-electron chi connectivity index (χ2n) is 7.77. The number of rotatable bonds is 8. The van der Waals surface area contributed by atoms with Gasteiger partial charge in [-0.3, -0.25) is 9.69 Å². The van der Waals surface area contributed by atoms with Crippen molar-refractivity contribution in [2.24, 2.45) is 0 Å². The smallest absolute Gasteiger partial charge is 0.194 e. The van der Waals surface area contributed by atoms with Crippen molar-refractivity contribution >= 4 is 34.8 Å². The SMILES string of the molecule is COc1ccccc1N1CCN(CC(O)COc2cccc3cc(C(C)=O)oc23)CC1.Cl. The lowest BCUT2D eigenvalue weighted by Gasteiger charge is -2.37. The van der Waals surface area contributed by atoms with Gasteiger partial charge in [-0.15, -0.1) is 12.4 Å². The monoisotopic (exact) mass is 460 g/mol. The van der Waals surface area contributed by atoms with Gasteiger partial charge >= 0.3 is 0 Å². The number of anilines is 1. The maximum absolute atomic E-state index is 11.6. The summed E-state index contributed by atoms with van der Waals surface area (Å²) in [6.07, 6.45) is -0.629. The summed E-state index contributed by atoms with van der Waals surface area (Å²) in [6.45, 7) is 5.60. The number of ketones is 1. The number of hydrogen-bond acceptors (Lipinski definition) is 7. The average Bonchev–Trinajstić information content (AvgIpc) is 3.24. The molecular weight excluding hydrogens is 432 g/mol. The summed E-state index contributed by atoms with van der Waals surface area (Å²) < 4.78 is 16.9. The van der Waals surface area contributed by atoms with Gasteiger partial charge in [-0.1, -0.05) is 24.3 Å². The van der Waals surface area contributed by atoms with Crippen molar-refractivity contribution in [3.63, 3.8) is 0 Å². The molecule has 2 aromatic carbocycles. The quantitative estimate of drug-likeness (QED) is 0.514. The third-order valence-electron chi connectivity index (χ3n) is 5.55. The van der Waals surface area contributed by atoms with Gasteiger partial charge in [-0.05, 0) is 24.3 Å². The Morgan fingerprint density at radius 2 is 1.81 bits per heavy atom. The number of Topliss-reactive ketones (excluding diaryl/α,β-unsaturated/α-hetero) is 1. The van der Waals surface area contributed by atoms with Crippen LogP contribution in [0.15, 0.2) is 52.9 Å². The van der Waals surface area contributed by atoms with E-state index in [1.54, 1.807) is 19.2 Å². The van der Waals surface area contributed by atoms with Gasteiger partial charge in [0.25, 0.3) is 0 Å². The molecule has 0 radical (unpaired) electrons. The van der Waals surface area contributed by atoms with Crippen molar-refractivity contribution < 1.29 is 23.8 Å². The highest BCUT2D eigenvalue weighted by molar-refractivity contribution is 5.97. The zero-order valence-electron chi connectivity index (χ0n) is 18.3. The first-order chi connectivity index (χ1) is 15.0. The number of β-amino-alcohol motifs (C(OH)–C–C–N with tert-alkyl or cyclic N) is 1. The van der Waals surface area contributed by atoms with E-state index in [1.807, 2.05) is 30.3 Å². The van der Waals surface area contributed by atoms with Crippen molar-refractivity contribution in [3.05, 3.63) is 54.3 Å². The van der Waals surface area contributed by atoms with Crippen LogP contribution in [0.3, 0.4) is 0 Å². The maximum atomic E-state index is 11.6. The number of furan rings is 1. The minimum absolute atomic E-state index is 0. The lowest BCUT2D eigenvalue weighted by atomic mass is 10.2. The Hall–Kier alpha value is -2.74. The van der Waals surface area contributed by atoms with Gasteiger partial charge in [-0.25, -0.2) is 0 Å². The Kier molecular flexibility index (Phi) is 8.01. The van der Waals surface area contributed by atoms with Gasteiger partial charge in [0.05, 0.1) is 12.8 Å². The van der Waals surface area contributed by atoms with Gasteiger partial charge in [0.15, 0.2) is 22.9 Å². The minimum Gasteiger partial charge on any atom is -0.495 e.